The molecule has 1 N–H and O–H groups in total. The molecular formula is C24H39N3O. The molecule has 2 saturated heterocycles. The molecule has 1 atom stereocenters. The Balaban J connectivity index is 1.37. The minimum absolute atomic E-state index is 0.0593. The highest BCUT2D eigenvalue weighted by atomic mass is 16.1. The van der Waals surface area contributed by atoms with Gasteiger partial charge in [-0.2, -0.15) is 0 Å². The van der Waals surface area contributed by atoms with Crippen molar-refractivity contribution in [3.05, 3.63) is 35.4 Å². The maximum atomic E-state index is 12.4. The lowest BCUT2D eigenvalue weighted by Crippen LogP contribution is -2.40. The average Bonchev–Trinajstić information content (AvgIpc) is 2.73. The van der Waals surface area contributed by atoms with Crippen LogP contribution in [-0.4, -0.2) is 54.5 Å². The first kappa shape index (κ1) is 21.3. The minimum Gasteiger partial charge on any atom is -0.352 e. The Morgan fingerprint density at radius 3 is 2.54 bits per heavy atom. The summed E-state index contributed by atoms with van der Waals surface area (Å²) in [5, 5.41) is 3.10. The summed E-state index contributed by atoms with van der Waals surface area (Å²) < 4.78 is 0. The largest absolute Gasteiger partial charge is 0.352 e. The van der Waals surface area contributed by atoms with Gasteiger partial charge in [0, 0.05) is 31.2 Å². The summed E-state index contributed by atoms with van der Waals surface area (Å²) in [5.74, 6) is 0.925. The number of nitrogens with zero attached hydrogens (tertiary/aromatic N) is 2. The summed E-state index contributed by atoms with van der Waals surface area (Å²) in [5.41, 5.74) is 2.09. The van der Waals surface area contributed by atoms with Crippen LogP contribution < -0.4 is 5.32 Å². The van der Waals surface area contributed by atoms with Crippen molar-refractivity contribution in [1.29, 1.82) is 0 Å². The number of likely N-dealkylation sites (tertiary alicyclic amines) is 2. The average molecular weight is 386 g/mol. The molecule has 28 heavy (non-hydrogen) atoms. The van der Waals surface area contributed by atoms with Crippen LogP contribution in [0.25, 0.3) is 0 Å². The summed E-state index contributed by atoms with van der Waals surface area (Å²) in [6.07, 6.45) is 8.92. The quantitative estimate of drug-likeness (QED) is 0.678. The van der Waals surface area contributed by atoms with Gasteiger partial charge in [0.1, 0.15) is 0 Å². The van der Waals surface area contributed by atoms with Gasteiger partial charge < -0.3 is 10.2 Å². The zero-order valence-corrected chi connectivity index (χ0v) is 18.0. The van der Waals surface area contributed by atoms with Crippen LogP contribution in [-0.2, 0) is 6.54 Å². The highest BCUT2D eigenvalue weighted by molar-refractivity contribution is 5.94. The third kappa shape index (κ3) is 6.31. The molecule has 1 amide bonds. The van der Waals surface area contributed by atoms with Gasteiger partial charge in [-0.15, -0.1) is 0 Å². The van der Waals surface area contributed by atoms with E-state index in [0.717, 1.165) is 43.6 Å². The molecule has 2 heterocycles. The molecule has 4 nitrogen and oxygen atoms in total. The molecule has 0 aromatic heterocycles. The molecule has 0 aliphatic carbocycles. The molecule has 0 bridgehead atoms. The molecule has 1 aromatic carbocycles. The van der Waals surface area contributed by atoms with Crippen LogP contribution in [0.3, 0.4) is 0 Å². The smallest absolute Gasteiger partial charge is 0.251 e. The first-order chi connectivity index (χ1) is 13.7. The molecule has 2 aliphatic heterocycles. The predicted octanol–water partition coefficient (Wildman–Crippen LogP) is 4.30. The van der Waals surface area contributed by atoms with E-state index in [1.165, 1.54) is 63.7 Å². The van der Waals surface area contributed by atoms with Gasteiger partial charge in [-0.3, -0.25) is 9.69 Å². The summed E-state index contributed by atoms with van der Waals surface area (Å²) in [6.45, 7) is 11.1. The van der Waals surface area contributed by atoms with Crippen molar-refractivity contribution >= 4 is 5.91 Å². The van der Waals surface area contributed by atoms with Gasteiger partial charge in [0.25, 0.3) is 5.91 Å². The first-order valence-electron chi connectivity index (χ1n) is 11.5. The number of hydrogen-bond donors (Lipinski definition) is 1. The van der Waals surface area contributed by atoms with E-state index >= 15 is 0 Å². The number of rotatable bonds is 8. The van der Waals surface area contributed by atoms with Gasteiger partial charge in [-0.05, 0) is 81.8 Å². The summed E-state index contributed by atoms with van der Waals surface area (Å²) in [7, 11) is 0. The van der Waals surface area contributed by atoms with Crippen LogP contribution in [0.15, 0.2) is 24.3 Å². The fourth-order valence-electron chi connectivity index (χ4n) is 4.64. The maximum absolute atomic E-state index is 12.4. The lowest BCUT2D eigenvalue weighted by atomic mass is 9.99. The monoisotopic (exact) mass is 385 g/mol. The number of amides is 1. The highest BCUT2D eigenvalue weighted by Gasteiger charge is 2.20. The summed E-state index contributed by atoms with van der Waals surface area (Å²) in [6, 6.07) is 8.95. The van der Waals surface area contributed by atoms with Crippen LogP contribution >= 0.6 is 0 Å². The molecule has 0 saturated carbocycles. The van der Waals surface area contributed by atoms with Crippen molar-refractivity contribution in [3.63, 3.8) is 0 Å². The normalized spacial score (nSPS) is 22.3. The van der Waals surface area contributed by atoms with Gasteiger partial charge in [0.15, 0.2) is 0 Å². The Morgan fingerprint density at radius 2 is 1.82 bits per heavy atom. The van der Waals surface area contributed by atoms with E-state index in [0.29, 0.717) is 0 Å². The lowest BCUT2D eigenvalue weighted by Gasteiger charge is -2.35. The fourth-order valence-corrected chi connectivity index (χ4v) is 4.64. The molecule has 2 fully saturated rings. The van der Waals surface area contributed by atoms with Gasteiger partial charge in [-0.1, -0.05) is 32.4 Å². The third-order valence-electron chi connectivity index (χ3n) is 6.63. The summed E-state index contributed by atoms with van der Waals surface area (Å²) in [4.78, 5) is 17.6. The molecule has 4 heteroatoms. The van der Waals surface area contributed by atoms with E-state index in [1.54, 1.807) is 0 Å². The van der Waals surface area contributed by atoms with Crippen LogP contribution in [0.4, 0.5) is 0 Å². The standard InChI is InChI=1S/C24H39N3O/c1-3-23-7-4-5-15-27(23)16-6-14-25-24(28)22-10-8-21(9-11-22)19-26-17-12-20(2)13-18-26/h8-11,20,23H,3-7,12-19H2,1-2H3,(H,25,28)/t23-/m1/s1. The number of carbonyl (C=O) groups is 1. The van der Waals surface area contributed by atoms with Crippen LogP contribution in [0.1, 0.15) is 74.7 Å². The predicted molar refractivity (Wildman–Crippen MR) is 117 cm³/mol. The lowest BCUT2D eigenvalue weighted by molar-refractivity contribution is 0.0947. The molecular weight excluding hydrogens is 346 g/mol. The van der Waals surface area contributed by atoms with Crippen molar-refractivity contribution < 1.29 is 4.79 Å². The van der Waals surface area contributed by atoms with Crippen LogP contribution in [0, 0.1) is 5.92 Å². The second-order valence-corrected chi connectivity index (χ2v) is 8.86. The SMILES string of the molecule is CC[C@@H]1CCCCN1CCCNC(=O)c1ccc(CN2CCC(C)CC2)cc1. The van der Waals surface area contributed by atoms with Crippen molar-refractivity contribution in [2.45, 2.75) is 71.4 Å². The molecule has 0 unspecified atom stereocenters. The van der Waals surface area contributed by atoms with Crippen LogP contribution in [0.2, 0.25) is 0 Å². The van der Waals surface area contributed by atoms with Gasteiger partial charge in [0.2, 0.25) is 0 Å². The molecule has 1 aromatic rings. The van der Waals surface area contributed by atoms with Gasteiger partial charge in [0.05, 0.1) is 0 Å². The Morgan fingerprint density at radius 1 is 1.07 bits per heavy atom. The Kier molecular flexibility index (Phi) is 8.35. The van der Waals surface area contributed by atoms with Crippen molar-refractivity contribution in [2.24, 2.45) is 5.92 Å². The second-order valence-electron chi connectivity index (χ2n) is 8.86. The van der Waals surface area contributed by atoms with E-state index in [1.807, 2.05) is 12.1 Å². The Labute approximate surface area is 171 Å². The minimum atomic E-state index is 0.0593. The number of benzene rings is 1. The molecule has 156 valence electrons. The van der Waals surface area contributed by atoms with E-state index in [9.17, 15) is 4.79 Å². The van der Waals surface area contributed by atoms with Crippen molar-refractivity contribution in [1.82, 2.24) is 15.1 Å². The molecule has 3 rings (SSSR count). The number of piperidine rings is 2. The number of nitrogens with one attached hydrogen (secondary N) is 1. The molecule has 0 radical (unpaired) electrons. The number of hydrogen-bond acceptors (Lipinski definition) is 3. The van der Waals surface area contributed by atoms with Gasteiger partial charge >= 0.3 is 0 Å². The topological polar surface area (TPSA) is 35.6 Å². The van der Waals surface area contributed by atoms with Crippen molar-refractivity contribution in [3.8, 4) is 0 Å². The van der Waals surface area contributed by atoms with Gasteiger partial charge in [-0.25, -0.2) is 0 Å². The first-order valence-corrected chi connectivity index (χ1v) is 11.5. The fraction of sp³-hybridized carbons (Fsp3) is 0.708. The van der Waals surface area contributed by atoms with E-state index < -0.39 is 0 Å². The van der Waals surface area contributed by atoms with E-state index in [4.69, 9.17) is 0 Å². The number of carbonyl (C=O) groups excluding carboxylic acids is 1. The maximum Gasteiger partial charge on any atom is 0.251 e. The second kappa shape index (κ2) is 11.0. The van der Waals surface area contributed by atoms with E-state index in [2.05, 4.69) is 41.1 Å². The zero-order chi connectivity index (χ0) is 19.8. The molecule has 2 aliphatic rings. The third-order valence-corrected chi connectivity index (χ3v) is 6.63. The van der Waals surface area contributed by atoms with Crippen molar-refractivity contribution in [2.75, 3.05) is 32.7 Å². The van der Waals surface area contributed by atoms with E-state index in [-0.39, 0.29) is 5.91 Å². The van der Waals surface area contributed by atoms with Crippen LogP contribution in [0.5, 0.6) is 0 Å². The Hall–Kier alpha value is -1.39. The summed E-state index contributed by atoms with van der Waals surface area (Å²) >= 11 is 0. The Bertz CT molecular complexity index is 592. The molecule has 0 spiro atoms. The highest BCUT2D eigenvalue weighted by Crippen LogP contribution is 2.20. The zero-order valence-electron chi connectivity index (χ0n) is 18.0.